The molecule has 1 atom stereocenters. The number of anilines is 2. The van der Waals surface area contributed by atoms with E-state index in [0.29, 0.717) is 0 Å². The van der Waals surface area contributed by atoms with Crippen molar-refractivity contribution in [1.82, 2.24) is 9.80 Å². The summed E-state index contributed by atoms with van der Waals surface area (Å²) in [5, 5.41) is 0. The van der Waals surface area contributed by atoms with Gasteiger partial charge < -0.3 is 29.0 Å². The normalized spacial score (nSPS) is 20.6. The molecular formula is C27H36N4O3. The van der Waals surface area contributed by atoms with E-state index in [-0.39, 0.29) is 6.04 Å². The second-order valence-corrected chi connectivity index (χ2v) is 9.53. The smallest absolute Gasteiger partial charge is 0.141 e. The van der Waals surface area contributed by atoms with E-state index in [9.17, 15) is 4.79 Å². The molecule has 34 heavy (non-hydrogen) atoms. The molecule has 2 fully saturated rings. The molecule has 0 aromatic heterocycles. The number of piperazine rings is 1. The minimum atomic E-state index is -0.251. The maximum absolute atomic E-state index is 12.3. The molecule has 2 aromatic carbocycles. The van der Waals surface area contributed by atoms with Gasteiger partial charge in [-0.2, -0.15) is 0 Å². The molecule has 0 amide bonds. The van der Waals surface area contributed by atoms with Gasteiger partial charge in [0.25, 0.3) is 0 Å². The van der Waals surface area contributed by atoms with Gasteiger partial charge in [-0.1, -0.05) is 12.1 Å². The van der Waals surface area contributed by atoms with Crippen molar-refractivity contribution in [3.8, 4) is 5.75 Å². The third-order valence-corrected chi connectivity index (χ3v) is 7.57. The lowest BCUT2D eigenvalue weighted by atomic mass is 9.93. The Kier molecular flexibility index (Phi) is 7.04. The molecule has 2 saturated heterocycles. The molecule has 3 aliphatic heterocycles. The van der Waals surface area contributed by atoms with Gasteiger partial charge in [0, 0.05) is 69.3 Å². The Morgan fingerprint density at radius 3 is 2.29 bits per heavy atom. The quantitative estimate of drug-likeness (QED) is 0.609. The zero-order valence-corrected chi connectivity index (χ0v) is 20.4. The minimum absolute atomic E-state index is 0.251. The fraction of sp³-hybridized carbons (Fsp3) is 0.519. The van der Waals surface area contributed by atoms with Crippen molar-refractivity contribution >= 4 is 17.7 Å². The number of nitrogens with zero attached hydrogens (tertiary/aromatic N) is 4. The van der Waals surface area contributed by atoms with Crippen molar-refractivity contribution in [2.75, 3.05) is 83.0 Å². The van der Waals surface area contributed by atoms with Crippen LogP contribution in [0.25, 0.3) is 0 Å². The average molecular weight is 465 g/mol. The number of benzene rings is 2. The SMILES string of the molecule is COc1ccc(N2CCN(C)CC2)c2c1CCN([C@H](C=O)c1ccc(N3CCOCC3)cc1)C2. The number of carbonyl (C=O) groups is 1. The molecule has 2 aromatic rings. The predicted octanol–water partition coefficient (Wildman–Crippen LogP) is 2.58. The zero-order chi connectivity index (χ0) is 23.5. The van der Waals surface area contributed by atoms with Gasteiger partial charge in [0.1, 0.15) is 12.0 Å². The average Bonchev–Trinajstić information content (AvgIpc) is 2.90. The van der Waals surface area contributed by atoms with Gasteiger partial charge in [0.15, 0.2) is 0 Å². The highest BCUT2D eigenvalue weighted by molar-refractivity contribution is 5.65. The van der Waals surface area contributed by atoms with Crippen molar-refractivity contribution in [2.24, 2.45) is 0 Å². The molecule has 5 rings (SSSR count). The molecule has 0 N–H and O–H groups in total. The Morgan fingerprint density at radius 1 is 0.882 bits per heavy atom. The molecule has 0 unspecified atom stereocenters. The highest BCUT2D eigenvalue weighted by Gasteiger charge is 2.30. The standard InChI is InChI=1S/C27H36N4O3/c1-28-11-13-30(14-12-28)25-7-8-27(33-2)23-9-10-31(19-24(23)25)26(20-32)21-3-5-22(6-4-21)29-15-17-34-18-16-29/h3-8,20,26H,9-19H2,1-2H3/t26-/m1/s1. The molecule has 0 radical (unpaired) electrons. The van der Waals surface area contributed by atoms with Gasteiger partial charge in [-0.15, -0.1) is 0 Å². The summed E-state index contributed by atoms with van der Waals surface area (Å²) in [6.07, 6.45) is 1.99. The Morgan fingerprint density at radius 2 is 1.62 bits per heavy atom. The number of rotatable bonds is 6. The largest absolute Gasteiger partial charge is 0.496 e. The molecule has 182 valence electrons. The fourth-order valence-corrected chi connectivity index (χ4v) is 5.50. The van der Waals surface area contributed by atoms with Crippen LogP contribution in [0.3, 0.4) is 0 Å². The lowest BCUT2D eigenvalue weighted by Gasteiger charge is -2.39. The summed E-state index contributed by atoms with van der Waals surface area (Å²) < 4.78 is 11.2. The molecule has 0 bridgehead atoms. The van der Waals surface area contributed by atoms with Gasteiger partial charge in [-0.05, 0) is 48.9 Å². The van der Waals surface area contributed by atoms with Crippen LogP contribution in [0.5, 0.6) is 5.75 Å². The number of hydrogen-bond acceptors (Lipinski definition) is 7. The minimum Gasteiger partial charge on any atom is -0.496 e. The lowest BCUT2D eigenvalue weighted by Crippen LogP contribution is -2.45. The van der Waals surface area contributed by atoms with E-state index in [0.717, 1.165) is 89.6 Å². The maximum Gasteiger partial charge on any atom is 0.141 e. The van der Waals surface area contributed by atoms with Gasteiger partial charge in [-0.3, -0.25) is 4.90 Å². The van der Waals surface area contributed by atoms with Crippen LogP contribution in [0, 0.1) is 0 Å². The first-order valence-electron chi connectivity index (χ1n) is 12.4. The topological polar surface area (TPSA) is 48.5 Å². The van der Waals surface area contributed by atoms with Crippen LogP contribution >= 0.6 is 0 Å². The number of aldehydes is 1. The monoisotopic (exact) mass is 464 g/mol. The maximum atomic E-state index is 12.3. The van der Waals surface area contributed by atoms with Crippen molar-refractivity contribution in [3.63, 3.8) is 0 Å². The highest BCUT2D eigenvalue weighted by atomic mass is 16.5. The van der Waals surface area contributed by atoms with E-state index in [1.807, 2.05) is 0 Å². The first-order chi connectivity index (χ1) is 16.7. The first-order valence-corrected chi connectivity index (χ1v) is 12.4. The molecule has 7 nitrogen and oxygen atoms in total. The van der Waals surface area contributed by atoms with Crippen LogP contribution in [0.1, 0.15) is 22.7 Å². The number of hydrogen-bond donors (Lipinski definition) is 0. The summed E-state index contributed by atoms with van der Waals surface area (Å²) in [6, 6.07) is 12.6. The zero-order valence-electron chi connectivity index (χ0n) is 20.4. The molecule has 3 heterocycles. The Bertz CT molecular complexity index is 982. The third-order valence-electron chi connectivity index (χ3n) is 7.57. The number of methoxy groups -OCH3 is 1. The van der Waals surface area contributed by atoms with Crippen molar-refractivity contribution < 1.29 is 14.3 Å². The van der Waals surface area contributed by atoms with Gasteiger partial charge in [0.2, 0.25) is 0 Å². The Balaban J connectivity index is 1.38. The number of likely N-dealkylation sites (N-methyl/N-ethyl adjacent to an activating group) is 1. The first kappa shape index (κ1) is 23.1. The fourth-order valence-electron chi connectivity index (χ4n) is 5.50. The van der Waals surface area contributed by atoms with Crippen LogP contribution in [0.2, 0.25) is 0 Å². The van der Waals surface area contributed by atoms with E-state index in [4.69, 9.17) is 9.47 Å². The van der Waals surface area contributed by atoms with E-state index in [1.165, 1.54) is 22.5 Å². The number of carbonyl (C=O) groups excluding carboxylic acids is 1. The second kappa shape index (κ2) is 10.3. The van der Waals surface area contributed by atoms with Crippen LogP contribution in [0.15, 0.2) is 36.4 Å². The Labute approximate surface area is 202 Å². The van der Waals surface area contributed by atoms with Crippen molar-refractivity contribution in [1.29, 1.82) is 0 Å². The van der Waals surface area contributed by atoms with E-state index < -0.39 is 0 Å². The van der Waals surface area contributed by atoms with Crippen LogP contribution in [-0.4, -0.2) is 89.3 Å². The summed E-state index contributed by atoms with van der Waals surface area (Å²) in [6.45, 7) is 9.13. The third kappa shape index (κ3) is 4.65. The van der Waals surface area contributed by atoms with E-state index >= 15 is 0 Å². The molecule has 3 aliphatic rings. The predicted molar refractivity (Wildman–Crippen MR) is 135 cm³/mol. The Hall–Kier alpha value is -2.61. The molecule has 0 aliphatic carbocycles. The van der Waals surface area contributed by atoms with E-state index in [1.54, 1.807) is 7.11 Å². The van der Waals surface area contributed by atoms with Crippen LogP contribution < -0.4 is 14.5 Å². The highest BCUT2D eigenvalue weighted by Crippen LogP contribution is 2.38. The van der Waals surface area contributed by atoms with Crippen molar-refractivity contribution in [3.05, 3.63) is 53.1 Å². The summed E-state index contributed by atoms with van der Waals surface area (Å²) in [4.78, 5) is 21.9. The molecule has 0 saturated carbocycles. The van der Waals surface area contributed by atoms with Crippen LogP contribution in [-0.2, 0) is 22.5 Å². The van der Waals surface area contributed by atoms with Gasteiger partial charge in [0.05, 0.1) is 26.4 Å². The van der Waals surface area contributed by atoms with Crippen LogP contribution in [0.4, 0.5) is 11.4 Å². The molecular weight excluding hydrogens is 428 g/mol. The summed E-state index contributed by atoms with van der Waals surface area (Å²) in [5.41, 5.74) is 6.15. The summed E-state index contributed by atoms with van der Waals surface area (Å²) >= 11 is 0. The number of morpholine rings is 1. The van der Waals surface area contributed by atoms with Crippen molar-refractivity contribution in [2.45, 2.75) is 19.0 Å². The van der Waals surface area contributed by atoms with Gasteiger partial charge >= 0.3 is 0 Å². The molecule has 0 spiro atoms. The number of fused-ring (bicyclic) bond motifs is 1. The summed E-state index contributed by atoms with van der Waals surface area (Å²) in [7, 11) is 3.93. The van der Waals surface area contributed by atoms with Gasteiger partial charge in [-0.25, -0.2) is 0 Å². The summed E-state index contributed by atoms with van der Waals surface area (Å²) in [5.74, 6) is 0.963. The molecule has 7 heteroatoms. The number of ether oxygens (including phenoxy) is 2. The second-order valence-electron chi connectivity index (χ2n) is 9.53. The lowest BCUT2D eigenvalue weighted by molar-refractivity contribution is -0.113. The van der Waals surface area contributed by atoms with E-state index in [2.05, 4.69) is 63.0 Å².